The molecule has 3 aliphatic heterocycles. The van der Waals surface area contributed by atoms with E-state index < -0.39 is 49.2 Å². The zero-order chi connectivity index (χ0) is 40.7. The largest absolute Gasteiger partial charge is 0.453 e. The molecular formula is C41H48F3N7O6. The van der Waals surface area contributed by atoms with E-state index in [2.05, 4.69) is 30.3 Å². The first kappa shape index (κ1) is 41.0. The number of imidazole rings is 1. The average Bonchev–Trinajstić information content (AvgIpc) is 4.05. The van der Waals surface area contributed by atoms with Crippen molar-refractivity contribution >= 4 is 35.3 Å². The summed E-state index contributed by atoms with van der Waals surface area (Å²) in [6.07, 6.45) is 0.285. The molecule has 0 spiro atoms. The van der Waals surface area contributed by atoms with E-state index >= 15 is 0 Å². The number of ether oxygens (including phenoxy) is 2. The highest BCUT2D eigenvalue weighted by molar-refractivity contribution is 6.03. The lowest BCUT2D eigenvalue weighted by Gasteiger charge is -2.29. The molecule has 4 atom stereocenters. The number of alkyl halides is 3. The first-order valence-corrected chi connectivity index (χ1v) is 19.3. The third kappa shape index (κ3) is 9.84. The van der Waals surface area contributed by atoms with Crippen LogP contribution in [0.15, 0.2) is 65.9 Å². The fraction of sp³-hybridized carbons (Fsp3) is 0.463. The normalized spacial score (nSPS) is 19.1. The van der Waals surface area contributed by atoms with Gasteiger partial charge >= 0.3 is 18.4 Å². The number of aliphatic imine (C=N–C) groups is 1. The maximum absolute atomic E-state index is 13.5. The maximum Gasteiger partial charge on any atom is 0.407 e. The third-order valence-electron chi connectivity index (χ3n) is 10.8. The molecule has 1 aromatic heterocycles. The Morgan fingerprint density at radius 2 is 1.33 bits per heavy atom. The van der Waals surface area contributed by atoms with Crippen LogP contribution in [0.25, 0.3) is 28.0 Å². The van der Waals surface area contributed by atoms with Gasteiger partial charge in [0, 0.05) is 37.8 Å². The first-order chi connectivity index (χ1) is 27.4. The van der Waals surface area contributed by atoms with Gasteiger partial charge in [0.1, 0.15) is 17.9 Å². The van der Waals surface area contributed by atoms with Gasteiger partial charge in [-0.3, -0.25) is 14.6 Å². The number of halogens is 3. The summed E-state index contributed by atoms with van der Waals surface area (Å²) in [6, 6.07) is 13.5. The maximum atomic E-state index is 13.5. The molecule has 0 aliphatic carbocycles. The Balaban J connectivity index is 1.06. The van der Waals surface area contributed by atoms with Crippen LogP contribution < -0.4 is 10.6 Å². The summed E-state index contributed by atoms with van der Waals surface area (Å²) >= 11 is 0. The van der Waals surface area contributed by atoms with Gasteiger partial charge in [0.2, 0.25) is 11.8 Å². The Hall–Kier alpha value is -5.67. The van der Waals surface area contributed by atoms with E-state index in [-0.39, 0.29) is 18.0 Å². The van der Waals surface area contributed by atoms with Crippen LogP contribution in [-0.4, -0.2) is 101 Å². The Bertz CT molecular complexity index is 1980. The highest BCUT2D eigenvalue weighted by atomic mass is 19.4. The highest BCUT2D eigenvalue weighted by Crippen LogP contribution is 2.35. The molecule has 0 bridgehead atoms. The number of rotatable bonds is 13. The second-order valence-corrected chi connectivity index (χ2v) is 14.5. The molecule has 3 N–H and O–H groups in total. The molecule has 0 saturated carbocycles. The standard InChI is InChI=1S/C41H48F3N7O6/c1-4-7-30(48-39(54)56-2)37(52)51-21-6-9-35(51)36-46-24-33(47-36)28-16-14-26(15-17-28)25-10-12-27(13-11-25)29-22-32(45-23-29)34-8-5-20-50(34)38(53)31(49-40(55)57-3)18-19-41(42,43)44/h10-17,23-24,30-31,34-35H,4-9,18-22H2,1-3H3,(H,46,47)(H,48,54)(H,49,55)/t30-,31?,34-,35-/m0/s1. The molecule has 2 fully saturated rings. The fourth-order valence-electron chi connectivity index (χ4n) is 7.81. The van der Waals surface area contributed by atoms with E-state index in [1.165, 1.54) is 12.0 Å². The van der Waals surface area contributed by atoms with Crippen LogP contribution in [0.4, 0.5) is 22.8 Å². The van der Waals surface area contributed by atoms with E-state index in [1.807, 2.05) is 55.5 Å². The number of carbonyl (C=O) groups excluding carboxylic acids is 4. The number of hydrogen-bond donors (Lipinski definition) is 3. The number of nitrogens with one attached hydrogen (secondary N) is 3. The van der Waals surface area contributed by atoms with Crippen molar-refractivity contribution < 1.29 is 41.8 Å². The number of methoxy groups -OCH3 is 2. The number of aromatic nitrogens is 2. The molecule has 304 valence electrons. The lowest BCUT2D eigenvalue weighted by molar-refractivity contribution is -0.142. The van der Waals surface area contributed by atoms with Crippen LogP contribution in [0.3, 0.4) is 0 Å². The van der Waals surface area contributed by atoms with Crippen LogP contribution >= 0.6 is 0 Å². The van der Waals surface area contributed by atoms with Crippen molar-refractivity contribution in [2.45, 2.75) is 95.1 Å². The van der Waals surface area contributed by atoms with Gasteiger partial charge in [-0.1, -0.05) is 61.9 Å². The fourth-order valence-corrected chi connectivity index (χ4v) is 7.81. The van der Waals surface area contributed by atoms with Crippen molar-refractivity contribution in [3.8, 4) is 22.4 Å². The summed E-state index contributed by atoms with van der Waals surface area (Å²) in [5, 5.41) is 4.96. The van der Waals surface area contributed by atoms with Crippen LogP contribution in [0.1, 0.15) is 82.1 Å². The molecular weight excluding hydrogens is 743 g/mol. The van der Waals surface area contributed by atoms with Gasteiger partial charge in [-0.25, -0.2) is 14.6 Å². The molecule has 6 rings (SSSR count). The molecule has 2 saturated heterocycles. The molecule has 4 amide bonds. The van der Waals surface area contributed by atoms with Crippen LogP contribution in [0.5, 0.6) is 0 Å². The van der Waals surface area contributed by atoms with Crippen molar-refractivity contribution in [2.24, 2.45) is 4.99 Å². The van der Waals surface area contributed by atoms with Gasteiger partial charge in [0.25, 0.3) is 0 Å². The van der Waals surface area contributed by atoms with Gasteiger partial charge in [0.05, 0.1) is 38.2 Å². The summed E-state index contributed by atoms with van der Waals surface area (Å²) < 4.78 is 48.4. The number of H-pyrrole nitrogens is 1. The number of hydrogen-bond acceptors (Lipinski definition) is 8. The van der Waals surface area contributed by atoms with E-state index in [4.69, 9.17) is 4.74 Å². The SMILES string of the molecule is CCC[C@H](NC(=O)OC)C(=O)N1CCC[C@H]1c1ncc(-c2ccc(-c3ccc(C4=CN=C([C@@H]5CCCN5C(=O)C(CCC(F)(F)F)NC(=O)OC)C4)cc3)cc2)[nH]1. The van der Waals surface area contributed by atoms with Crippen molar-refractivity contribution in [1.29, 1.82) is 0 Å². The summed E-state index contributed by atoms with van der Waals surface area (Å²) in [6.45, 7) is 2.90. The number of benzene rings is 2. The second kappa shape index (κ2) is 18.1. The minimum Gasteiger partial charge on any atom is -0.453 e. The quantitative estimate of drug-likeness (QED) is 0.166. The topological polar surface area (TPSA) is 158 Å². The van der Waals surface area contributed by atoms with Gasteiger partial charge in [-0.15, -0.1) is 0 Å². The van der Waals surface area contributed by atoms with Crippen molar-refractivity contribution in [3.05, 3.63) is 72.3 Å². The number of alkyl carbamates (subject to hydrolysis) is 2. The van der Waals surface area contributed by atoms with Crippen LogP contribution in [0, 0.1) is 0 Å². The number of allylic oxidation sites excluding steroid dienone is 1. The molecule has 57 heavy (non-hydrogen) atoms. The van der Waals surface area contributed by atoms with Gasteiger partial charge in [-0.2, -0.15) is 13.2 Å². The predicted molar refractivity (Wildman–Crippen MR) is 207 cm³/mol. The number of likely N-dealkylation sites (tertiary alicyclic amines) is 2. The summed E-state index contributed by atoms with van der Waals surface area (Å²) in [5.41, 5.74) is 6.47. The Labute approximate surface area is 329 Å². The van der Waals surface area contributed by atoms with Crippen molar-refractivity contribution in [1.82, 2.24) is 30.4 Å². The van der Waals surface area contributed by atoms with Gasteiger partial charge < -0.3 is 34.9 Å². The van der Waals surface area contributed by atoms with E-state index in [0.717, 1.165) is 65.6 Å². The van der Waals surface area contributed by atoms with E-state index in [0.29, 0.717) is 44.6 Å². The molecule has 16 heteroatoms. The molecule has 4 heterocycles. The molecule has 3 aromatic rings. The highest BCUT2D eigenvalue weighted by Gasteiger charge is 2.40. The lowest BCUT2D eigenvalue weighted by atomic mass is 9.96. The Kier molecular flexibility index (Phi) is 13.0. The van der Waals surface area contributed by atoms with E-state index in [1.54, 1.807) is 17.3 Å². The second-order valence-electron chi connectivity index (χ2n) is 14.5. The molecule has 1 unspecified atom stereocenters. The first-order valence-electron chi connectivity index (χ1n) is 19.3. The lowest BCUT2D eigenvalue weighted by Crippen LogP contribution is -2.51. The number of amides is 4. The summed E-state index contributed by atoms with van der Waals surface area (Å²) in [7, 11) is 2.37. The number of carbonyl (C=O) groups is 4. The summed E-state index contributed by atoms with van der Waals surface area (Å²) in [5.74, 6) is -0.0239. The molecule has 3 aliphatic rings. The summed E-state index contributed by atoms with van der Waals surface area (Å²) in [4.78, 5) is 66.7. The van der Waals surface area contributed by atoms with Crippen LogP contribution in [0.2, 0.25) is 0 Å². The molecule has 0 radical (unpaired) electrons. The predicted octanol–water partition coefficient (Wildman–Crippen LogP) is 7.18. The Morgan fingerprint density at radius 3 is 1.89 bits per heavy atom. The van der Waals surface area contributed by atoms with Gasteiger partial charge in [0.15, 0.2) is 0 Å². The zero-order valence-electron chi connectivity index (χ0n) is 32.2. The molecule has 13 nitrogen and oxygen atoms in total. The minimum atomic E-state index is -4.48. The monoisotopic (exact) mass is 791 g/mol. The van der Waals surface area contributed by atoms with Gasteiger partial charge in [-0.05, 0) is 66.4 Å². The average molecular weight is 792 g/mol. The van der Waals surface area contributed by atoms with Crippen LogP contribution in [-0.2, 0) is 19.1 Å². The molecule has 2 aromatic carbocycles. The van der Waals surface area contributed by atoms with E-state index in [9.17, 15) is 32.3 Å². The third-order valence-corrected chi connectivity index (χ3v) is 10.8. The minimum absolute atomic E-state index is 0.145. The van der Waals surface area contributed by atoms with Crippen molar-refractivity contribution in [2.75, 3.05) is 27.3 Å². The van der Waals surface area contributed by atoms with Crippen molar-refractivity contribution in [3.63, 3.8) is 0 Å². The Morgan fingerprint density at radius 1 is 0.807 bits per heavy atom. The number of aromatic amines is 1. The number of nitrogens with zero attached hydrogens (tertiary/aromatic N) is 4. The zero-order valence-corrected chi connectivity index (χ0v) is 32.2. The smallest absolute Gasteiger partial charge is 0.407 e.